The van der Waals surface area contributed by atoms with Crippen LogP contribution in [0.15, 0.2) is 48.2 Å². The third-order valence-electron chi connectivity index (χ3n) is 3.21. The van der Waals surface area contributed by atoms with Crippen LogP contribution in [-0.4, -0.2) is 4.92 Å². The Labute approximate surface area is 124 Å². The third-order valence-corrected chi connectivity index (χ3v) is 3.54. The van der Waals surface area contributed by atoms with Crippen molar-refractivity contribution in [3.05, 3.63) is 80.2 Å². The van der Waals surface area contributed by atoms with E-state index in [0.29, 0.717) is 11.3 Å². The number of halogens is 2. The first-order chi connectivity index (χ1) is 10.1. The Balaban J connectivity index is 2.17. The number of hydrogen-bond donors (Lipinski definition) is 0. The molecule has 0 fully saturated rings. The molecule has 1 atom stereocenters. The molecule has 1 unspecified atom stereocenters. The van der Waals surface area contributed by atoms with Crippen molar-refractivity contribution in [1.82, 2.24) is 0 Å². The number of rotatable bonds is 2. The highest BCUT2D eigenvalue weighted by atomic mass is 35.5. The molecule has 2 aromatic carbocycles. The van der Waals surface area contributed by atoms with Gasteiger partial charge in [-0.25, -0.2) is 4.39 Å². The maximum atomic E-state index is 14.0. The van der Waals surface area contributed by atoms with Gasteiger partial charge in [0.2, 0.25) is 6.10 Å². The molecule has 2 aromatic rings. The van der Waals surface area contributed by atoms with Gasteiger partial charge in [-0.05, 0) is 18.2 Å². The summed E-state index contributed by atoms with van der Waals surface area (Å²) >= 11 is 5.99. The normalized spacial score (nSPS) is 16.7. The van der Waals surface area contributed by atoms with E-state index in [1.54, 1.807) is 24.3 Å². The first-order valence-electron chi connectivity index (χ1n) is 6.13. The molecule has 0 radical (unpaired) electrons. The van der Waals surface area contributed by atoms with Crippen molar-refractivity contribution in [1.29, 1.82) is 0 Å². The number of ether oxygens (including phenoxy) is 1. The van der Waals surface area contributed by atoms with Crippen molar-refractivity contribution in [2.45, 2.75) is 6.10 Å². The van der Waals surface area contributed by atoms with Gasteiger partial charge < -0.3 is 4.74 Å². The molecular formula is C15H9ClFNO3. The zero-order chi connectivity index (χ0) is 15.0. The Hall–Kier alpha value is -2.40. The second kappa shape index (κ2) is 5.18. The quantitative estimate of drug-likeness (QED) is 0.616. The van der Waals surface area contributed by atoms with Crippen molar-refractivity contribution in [3.63, 3.8) is 0 Å². The van der Waals surface area contributed by atoms with Crippen molar-refractivity contribution < 1.29 is 14.1 Å². The van der Waals surface area contributed by atoms with Gasteiger partial charge in [0.05, 0.1) is 15.5 Å². The lowest BCUT2D eigenvalue weighted by molar-refractivity contribution is -0.434. The molecule has 6 heteroatoms. The van der Waals surface area contributed by atoms with Crippen LogP contribution in [0.25, 0.3) is 6.08 Å². The summed E-state index contributed by atoms with van der Waals surface area (Å²) in [6, 6.07) is 11.0. The minimum absolute atomic E-state index is 0.0309. The molecule has 0 aliphatic carbocycles. The third kappa shape index (κ3) is 2.36. The summed E-state index contributed by atoms with van der Waals surface area (Å²) in [7, 11) is 0. The van der Waals surface area contributed by atoms with Gasteiger partial charge >= 0.3 is 0 Å². The minimum Gasteiger partial charge on any atom is -0.474 e. The summed E-state index contributed by atoms with van der Waals surface area (Å²) < 4.78 is 19.7. The molecule has 0 amide bonds. The molecule has 21 heavy (non-hydrogen) atoms. The average Bonchev–Trinajstić information content (AvgIpc) is 2.46. The summed E-state index contributed by atoms with van der Waals surface area (Å²) in [6.07, 6.45) is 0.204. The van der Waals surface area contributed by atoms with E-state index in [0.717, 1.165) is 0 Å². The summed E-state index contributed by atoms with van der Waals surface area (Å²) in [5.74, 6) is -0.188. The Kier molecular flexibility index (Phi) is 3.35. The molecular weight excluding hydrogens is 297 g/mol. The Morgan fingerprint density at radius 3 is 2.67 bits per heavy atom. The monoisotopic (exact) mass is 305 g/mol. The van der Waals surface area contributed by atoms with E-state index < -0.39 is 16.8 Å². The van der Waals surface area contributed by atoms with Crippen LogP contribution in [0.3, 0.4) is 0 Å². The number of benzene rings is 2. The molecule has 1 aliphatic heterocycles. The standard InChI is InChI=1S/C15H9ClFNO3/c16-10-5-3-6-11(17)14(10)15-12(18(19)20)8-9-4-1-2-7-13(9)21-15/h1-8,15H. The van der Waals surface area contributed by atoms with Gasteiger partial charge in [-0.2, -0.15) is 0 Å². The predicted molar refractivity (Wildman–Crippen MR) is 76.2 cm³/mol. The van der Waals surface area contributed by atoms with Gasteiger partial charge in [-0.15, -0.1) is 0 Å². The molecule has 0 aromatic heterocycles. The van der Waals surface area contributed by atoms with E-state index in [4.69, 9.17) is 16.3 Å². The van der Waals surface area contributed by atoms with Crippen LogP contribution in [0.4, 0.5) is 4.39 Å². The van der Waals surface area contributed by atoms with Crippen LogP contribution >= 0.6 is 11.6 Å². The lowest BCUT2D eigenvalue weighted by Gasteiger charge is -2.23. The highest BCUT2D eigenvalue weighted by Crippen LogP contribution is 2.40. The number of para-hydroxylation sites is 1. The molecule has 0 saturated heterocycles. The summed E-state index contributed by atoms with van der Waals surface area (Å²) in [5, 5.41) is 11.4. The van der Waals surface area contributed by atoms with Gasteiger partial charge in [0.1, 0.15) is 11.6 Å². The number of nitro groups is 1. The average molecular weight is 306 g/mol. The number of nitrogens with zero attached hydrogens (tertiary/aromatic N) is 1. The molecule has 0 bridgehead atoms. The fourth-order valence-electron chi connectivity index (χ4n) is 2.25. The zero-order valence-electron chi connectivity index (χ0n) is 10.6. The van der Waals surface area contributed by atoms with Gasteiger partial charge in [0.25, 0.3) is 5.70 Å². The molecule has 1 aliphatic rings. The molecule has 0 N–H and O–H groups in total. The Bertz CT molecular complexity index is 740. The molecule has 0 saturated carbocycles. The lowest BCUT2D eigenvalue weighted by Crippen LogP contribution is -2.21. The fraction of sp³-hybridized carbons (Fsp3) is 0.0667. The largest absolute Gasteiger partial charge is 0.474 e. The van der Waals surface area contributed by atoms with E-state index in [1.165, 1.54) is 24.3 Å². The van der Waals surface area contributed by atoms with Crippen LogP contribution < -0.4 is 4.74 Å². The van der Waals surface area contributed by atoms with E-state index in [1.807, 2.05) is 0 Å². The summed E-state index contributed by atoms with van der Waals surface area (Å²) in [5.41, 5.74) is 0.297. The minimum atomic E-state index is -1.18. The molecule has 1 heterocycles. The van der Waals surface area contributed by atoms with Crippen LogP contribution in [0.2, 0.25) is 5.02 Å². The Morgan fingerprint density at radius 1 is 1.19 bits per heavy atom. The zero-order valence-corrected chi connectivity index (χ0v) is 11.4. The highest BCUT2D eigenvalue weighted by molar-refractivity contribution is 6.31. The molecule has 0 spiro atoms. The SMILES string of the molecule is O=[N+]([O-])C1=Cc2ccccc2OC1c1c(F)cccc1Cl. The van der Waals surface area contributed by atoms with Crippen LogP contribution in [-0.2, 0) is 0 Å². The van der Waals surface area contributed by atoms with Gasteiger partial charge in [-0.3, -0.25) is 10.1 Å². The van der Waals surface area contributed by atoms with E-state index in [-0.39, 0.29) is 16.3 Å². The van der Waals surface area contributed by atoms with Crippen LogP contribution in [0, 0.1) is 15.9 Å². The molecule has 4 nitrogen and oxygen atoms in total. The van der Waals surface area contributed by atoms with E-state index in [2.05, 4.69) is 0 Å². The molecule has 106 valence electrons. The fourth-order valence-corrected chi connectivity index (χ4v) is 2.51. The second-order valence-corrected chi connectivity index (χ2v) is 4.90. The number of hydrogen-bond acceptors (Lipinski definition) is 3. The maximum Gasteiger partial charge on any atom is 0.291 e. The first kappa shape index (κ1) is 13.6. The molecule has 3 rings (SSSR count). The summed E-state index contributed by atoms with van der Waals surface area (Å²) in [4.78, 5) is 10.7. The second-order valence-electron chi connectivity index (χ2n) is 4.50. The van der Waals surface area contributed by atoms with E-state index in [9.17, 15) is 14.5 Å². The van der Waals surface area contributed by atoms with Crippen LogP contribution in [0.5, 0.6) is 5.75 Å². The van der Waals surface area contributed by atoms with Gasteiger partial charge in [0, 0.05) is 11.6 Å². The lowest BCUT2D eigenvalue weighted by atomic mass is 10.0. The van der Waals surface area contributed by atoms with Crippen molar-refractivity contribution in [2.75, 3.05) is 0 Å². The van der Waals surface area contributed by atoms with Crippen molar-refractivity contribution in [2.24, 2.45) is 0 Å². The Morgan fingerprint density at radius 2 is 1.95 bits per heavy atom. The maximum absolute atomic E-state index is 14.0. The van der Waals surface area contributed by atoms with Crippen LogP contribution in [0.1, 0.15) is 17.2 Å². The van der Waals surface area contributed by atoms with Gasteiger partial charge in [-0.1, -0.05) is 35.9 Å². The first-order valence-corrected chi connectivity index (χ1v) is 6.51. The van der Waals surface area contributed by atoms with E-state index >= 15 is 0 Å². The van der Waals surface area contributed by atoms with Gasteiger partial charge in [0.15, 0.2) is 0 Å². The predicted octanol–water partition coefficient (Wildman–Crippen LogP) is 4.23. The smallest absolute Gasteiger partial charge is 0.291 e. The highest BCUT2D eigenvalue weighted by Gasteiger charge is 2.36. The van der Waals surface area contributed by atoms with Crippen molar-refractivity contribution in [3.8, 4) is 5.75 Å². The topological polar surface area (TPSA) is 52.4 Å². The number of fused-ring (bicyclic) bond motifs is 1. The summed E-state index contributed by atoms with van der Waals surface area (Å²) in [6.45, 7) is 0. The van der Waals surface area contributed by atoms with Crippen molar-refractivity contribution >= 4 is 17.7 Å².